The summed E-state index contributed by atoms with van der Waals surface area (Å²) in [5.74, 6) is 0.460. The van der Waals surface area contributed by atoms with E-state index >= 15 is 0 Å². The highest BCUT2D eigenvalue weighted by molar-refractivity contribution is 4.78. The molecule has 0 bridgehead atoms. The number of hydrogen-bond acceptors (Lipinski definition) is 4. The largest absolute Gasteiger partial charge is 0.395 e. The van der Waals surface area contributed by atoms with Crippen LogP contribution in [0.3, 0.4) is 0 Å². The predicted molar refractivity (Wildman–Crippen MR) is 60.5 cm³/mol. The van der Waals surface area contributed by atoms with Gasteiger partial charge in [-0.3, -0.25) is 0 Å². The highest BCUT2D eigenvalue weighted by Crippen LogP contribution is 2.16. The molecule has 0 amide bonds. The van der Waals surface area contributed by atoms with Crippen LogP contribution in [0.15, 0.2) is 0 Å². The molecule has 0 aromatic carbocycles. The normalized spacial score (nSPS) is 18.2. The lowest BCUT2D eigenvalue weighted by atomic mass is 9.99. The Hall–Kier alpha value is -0.160. The fourth-order valence-electron chi connectivity index (χ4n) is 1.47. The minimum atomic E-state index is -0.391. The van der Waals surface area contributed by atoms with Crippen LogP contribution >= 0.6 is 0 Å². The molecular formula is C11H25NO3. The van der Waals surface area contributed by atoms with Gasteiger partial charge in [-0.1, -0.05) is 27.7 Å². The molecule has 0 aromatic rings. The van der Waals surface area contributed by atoms with Gasteiger partial charge in [-0.2, -0.15) is 0 Å². The molecule has 3 atom stereocenters. The van der Waals surface area contributed by atoms with E-state index in [0.717, 1.165) is 0 Å². The summed E-state index contributed by atoms with van der Waals surface area (Å²) in [6.45, 7) is 7.85. The van der Waals surface area contributed by atoms with Gasteiger partial charge >= 0.3 is 0 Å². The maximum absolute atomic E-state index is 9.15. The van der Waals surface area contributed by atoms with Crippen LogP contribution in [0.4, 0.5) is 0 Å². The van der Waals surface area contributed by atoms with Crippen molar-refractivity contribution >= 4 is 0 Å². The van der Waals surface area contributed by atoms with Crippen molar-refractivity contribution in [1.82, 2.24) is 0 Å². The molecule has 4 N–H and O–H groups in total. The number of aliphatic hydroxyl groups is 2. The van der Waals surface area contributed by atoms with Crippen LogP contribution in [0.1, 0.15) is 27.7 Å². The van der Waals surface area contributed by atoms with E-state index in [9.17, 15) is 0 Å². The Bertz CT molecular complexity index is 162. The maximum atomic E-state index is 9.15. The van der Waals surface area contributed by atoms with Crippen molar-refractivity contribution in [3.05, 3.63) is 0 Å². The van der Waals surface area contributed by atoms with Gasteiger partial charge in [0.2, 0.25) is 0 Å². The lowest BCUT2D eigenvalue weighted by molar-refractivity contribution is -0.0925. The Morgan fingerprint density at radius 3 is 1.80 bits per heavy atom. The van der Waals surface area contributed by atoms with Gasteiger partial charge in [0.15, 0.2) is 0 Å². The van der Waals surface area contributed by atoms with Gasteiger partial charge in [-0.05, 0) is 11.8 Å². The van der Waals surface area contributed by atoms with Gasteiger partial charge in [-0.25, -0.2) is 0 Å². The van der Waals surface area contributed by atoms with Gasteiger partial charge in [0.25, 0.3) is 0 Å². The van der Waals surface area contributed by atoms with E-state index in [1.54, 1.807) is 0 Å². The van der Waals surface area contributed by atoms with E-state index in [2.05, 4.69) is 0 Å². The zero-order chi connectivity index (χ0) is 12.0. The fourth-order valence-corrected chi connectivity index (χ4v) is 1.47. The van der Waals surface area contributed by atoms with Gasteiger partial charge in [0.05, 0.1) is 31.5 Å². The summed E-state index contributed by atoms with van der Waals surface area (Å²) < 4.78 is 5.74. The SMILES string of the molecule is CC(C)C(CO)OC(C(C)C)C(N)CO. The second-order valence-electron chi connectivity index (χ2n) is 4.66. The Morgan fingerprint density at radius 2 is 1.53 bits per heavy atom. The number of aliphatic hydroxyl groups excluding tert-OH is 2. The van der Waals surface area contributed by atoms with Crippen LogP contribution < -0.4 is 5.73 Å². The van der Waals surface area contributed by atoms with Crippen molar-refractivity contribution in [2.24, 2.45) is 17.6 Å². The molecule has 0 radical (unpaired) electrons. The summed E-state index contributed by atoms with van der Waals surface area (Å²) in [4.78, 5) is 0. The fraction of sp³-hybridized carbons (Fsp3) is 1.00. The number of nitrogens with two attached hydrogens (primary N) is 1. The molecule has 4 nitrogen and oxygen atoms in total. The molecule has 0 aliphatic rings. The molecule has 92 valence electrons. The zero-order valence-corrected chi connectivity index (χ0v) is 10.2. The molecule has 0 rings (SSSR count). The minimum Gasteiger partial charge on any atom is -0.395 e. The van der Waals surface area contributed by atoms with Crippen molar-refractivity contribution < 1.29 is 14.9 Å². The topological polar surface area (TPSA) is 75.7 Å². The molecule has 15 heavy (non-hydrogen) atoms. The summed E-state index contributed by atoms with van der Waals surface area (Å²) in [5, 5.41) is 18.2. The molecule has 0 saturated carbocycles. The van der Waals surface area contributed by atoms with Gasteiger partial charge < -0.3 is 20.7 Å². The molecule has 0 aliphatic heterocycles. The molecule has 3 unspecified atom stereocenters. The Kier molecular flexibility index (Phi) is 7.09. The van der Waals surface area contributed by atoms with Crippen molar-refractivity contribution in [2.75, 3.05) is 13.2 Å². The molecule has 0 heterocycles. The van der Waals surface area contributed by atoms with Gasteiger partial charge in [-0.15, -0.1) is 0 Å². The van der Waals surface area contributed by atoms with E-state index in [-0.39, 0.29) is 37.3 Å². The first kappa shape index (κ1) is 14.8. The third-order valence-corrected chi connectivity index (χ3v) is 2.55. The molecular weight excluding hydrogens is 194 g/mol. The Morgan fingerprint density at radius 1 is 1.00 bits per heavy atom. The molecule has 0 fully saturated rings. The minimum absolute atomic E-state index is 0.0148. The van der Waals surface area contributed by atoms with Crippen LogP contribution in [0.25, 0.3) is 0 Å². The second-order valence-corrected chi connectivity index (χ2v) is 4.66. The first-order valence-corrected chi connectivity index (χ1v) is 5.56. The zero-order valence-electron chi connectivity index (χ0n) is 10.2. The summed E-state index contributed by atoms with van der Waals surface area (Å²) in [6, 6.07) is -0.391. The number of hydrogen-bond donors (Lipinski definition) is 3. The van der Waals surface area contributed by atoms with Crippen LogP contribution in [0.2, 0.25) is 0 Å². The monoisotopic (exact) mass is 219 g/mol. The third kappa shape index (κ3) is 4.93. The van der Waals surface area contributed by atoms with Gasteiger partial charge in [0.1, 0.15) is 0 Å². The smallest absolute Gasteiger partial charge is 0.0833 e. The molecule has 0 aromatic heterocycles. The molecule has 4 heteroatoms. The summed E-state index contributed by atoms with van der Waals surface area (Å²) >= 11 is 0. The van der Waals surface area contributed by atoms with Crippen LogP contribution in [0.5, 0.6) is 0 Å². The predicted octanol–water partition coefficient (Wildman–Crippen LogP) is 0.364. The summed E-state index contributed by atoms with van der Waals surface area (Å²) in [6.07, 6.45) is -0.426. The standard InChI is InChI=1S/C11H25NO3/c1-7(2)10(6-14)15-11(8(3)4)9(12)5-13/h7-11,13-14H,5-6,12H2,1-4H3. The van der Waals surface area contributed by atoms with E-state index in [0.29, 0.717) is 0 Å². The van der Waals surface area contributed by atoms with E-state index < -0.39 is 6.04 Å². The van der Waals surface area contributed by atoms with Crippen LogP contribution in [-0.4, -0.2) is 41.7 Å². The average Bonchev–Trinajstić information content (AvgIpc) is 2.17. The van der Waals surface area contributed by atoms with Crippen molar-refractivity contribution in [3.8, 4) is 0 Å². The summed E-state index contributed by atoms with van der Waals surface area (Å²) in [7, 11) is 0. The quantitative estimate of drug-likeness (QED) is 0.578. The Balaban J connectivity index is 4.38. The maximum Gasteiger partial charge on any atom is 0.0833 e. The first-order chi connectivity index (χ1) is 6.93. The number of ether oxygens (including phenoxy) is 1. The van der Waals surface area contributed by atoms with Crippen LogP contribution in [0, 0.1) is 11.8 Å². The van der Waals surface area contributed by atoms with Gasteiger partial charge in [0, 0.05) is 0 Å². The van der Waals surface area contributed by atoms with Crippen LogP contribution in [-0.2, 0) is 4.74 Å². The summed E-state index contributed by atoms with van der Waals surface area (Å²) in [5.41, 5.74) is 5.76. The Labute approximate surface area is 92.4 Å². The average molecular weight is 219 g/mol. The highest BCUT2D eigenvalue weighted by atomic mass is 16.5. The lowest BCUT2D eigenvalue weighted by Crippen LogP contribution is -2.46. The molecule has 0 aliphatic carbocycles. The lowest BCUT2D eigenvalue weighted by Gasteiger charge is -2.31. The highest BCUT2D eigenvalue weighted by Gasteiger charge is 2.26. The van der Waals surface area contributed by atoms with E-state index in [1.165, 1.54) is 0 Å². The molecule has 0 spiro atoms. The second kappa shape index (κ2) is 7.17. The number of rotatable bonds is 7. The third-order valence-electron chi connectivity index (χ3n) is 2.55. The van der Waals surface area contributed by atoms with E-state index in [1.807, 2.05) is 27.7 Å². The molecule has 0 saturated heterocycles. The van der Waals surface area contributed by atoms with E-state index in [4.69, 9.17) is 20.7 Å². The first-order valence-electron chi connectivity index (χ1n) is 5.56. The van der Waals surface area contributed by atoms with Crippen molar-refractivity contribution in [2.45, 2.75) is 45.9 Å². The van der Waals surface area contributed by atoms with Crippen molar-refractivity contribution in [1.29, 1.82) is 0 Å². The van der Waals surface area contributed by atoms with Crippen molar-refractivity contribution in [3.63, 3.8) is 0 Å².